The monoisotopic (exact) mass is 384 g/mol. The first-order valence-corrected chi connectivity index (χ1v) is 8.57. The molecule has 0 saturated carbocycles. The minimum Gasteiger partial charge on any atom is -0.484 e. The Morgan fingerprint density at radius 1 is 1.00 bits per heavy atom. The first-order valence-electron chi connectivity index (χ1n) is 8.19. The number of carbonyl (C=O) groups is 2. The molecule has 0 atom stereocenters. The molecular weight excluding hydrogens is 368 g/mol. The number of anilines is 1. The lowest BCUT2D eigenvalue weighted by molar-refractivity contribution is -0.123. The number of hydrogen-bond donors (Lipinski definition) is 2. The number of hydrogen-bond acceptors (Lipinski definition) is 4. The van der Waals surface area contributed by atoms with E-state index in [1.54, 1.807) is 48.5 Å². The van der Waals surface area contributed by atoms with Crippen molar-refractivity contribution < 1.29 is 18.7 Å². The fourth-order valence-electron chi connectivity index (χ4n) is 2.24. The molecule has 0 fully saturated rings. The quantitative estimate of drug-likeness (QED) is 0.647. The van der Waals surface area contributed by atoms with E-state index in [1.165, 1.54) is 6.26 Å². The van der Waals surface area contributed by atoms with Gasteiger partial charge in [-0.2, -0.15) is 0 Å². The lowest BCUT2D eigenvalue weighted by Gasteiger charge is -2.08. The van der Waals surface area contributed by atoms with Crippen LogP contribution in [0, 0.1) is 0 Å². The van der Waals surface area contributed by atoms with Gasteiger partial charge in [0.2, 0.25) is 0 Å². The first kappa shape index (κ1) is 18.5. The van der Waals surface area contributed by atoms with Crippen LogP contribution >= 0.6 is 11.6 Å². The minimum atomic E-state index is -0.319. The predicted octanol–water partition coefficient (Wildman–Crippen LogP) is 3.88. The summed E-state index contributed by atoms with van der Waals surface area (Å²) in [6.07, 6.45) is 1.44. The molecule has 3 aromatic rings. The van der Waals surface area contributed by atoms with E-state index in [1.807, 2.05) is 12.1 Å². The highest BCUT2D eigenvalue weighted by atomic mass is 35.5. The molecule has 0 aliphatic rings. The Kier molecular flexibility index (Phi) is 6.12. The average molecular weight is 385 g/mol. The molecule has 27 heavy (non-hydrogen) atoms. The molecule has 2 amide bonds. The summed E-state index contributed by atoms with van der Waals surface area (Å²) in [5, 5.41) is 6.11. The van der Waals surface area contributed by atoms with Crippen LogP contribution in [0.15, 0.2) is 71.3 Å². The van der Waals surface area contributed by atoms with Crippen molar-refractivity contribution in [1.29, 1.82) is 0 Å². The number of nitrogens with one attached hydrogen (secondary N) is 2. The van der Waals surface area contributed by atoms with Gasteiger partial charge in [-0.05, 0) is 54.1 Å². The third-order valence-corrected chi connectivity index (χ3v) is 3.88. The van der Waals surface area contributed by atoms with Gasteiger partial charge in [-0.3, -0.25) is 9.59 Å². The largest absolute Gasteiger partial charge is 0.484 e. The number of amides is 2. The van der Waals surface area contributed by atoms with Crippen LogP contribution in [0.25, 0.3) is 0 Å². The number of rotatable bonds is 7. The molecule has 0 spiro atoms. The Hall–Kier alpha value is -3.25. The molecule has 0 unspecified atom stereocenters. The van der Waals surface area contributed by atoms with E-state index in [4.69, 9.17) is 20.8 Å². The van der Waals surface area contributed by atoms with Crippen LogP contribution in [-0.4, -0.2) is 18.4 Å². The standard InChI is InChI=1S/C20H17ClN2O4/c21-15-5-9-17(10-6-15)27-13-19(24)22-12-14-3-7-16(8-4-14)23-20(25)18-2-1-11-26-18/h1-11H,12-13H2,(H,22,24)(H,23,25). The highest BCUT2D eigenvalue weighted by molar-refractivity contribution is 6.30. The van der Waals surface area contributed by atoms with Crippen LogP contribution in [0.5, 0.6) is 5.75 Å². The molecular formula is C20H17ClN2O4. The van der Waals surface area contributed by atoms with Gasteiger partial charge in [-0.1, -0.05) is 23.7 Å². The van der Waals surface area contributed by atoms with Crippen LogP contribution in [0.3, 0.4) is 0 Å². The summed E-state index contributed by atoms with van der Waals surface area (Å²) in [6, 6.07) is 17.2. The number of benzene rings is 2. The zero-order chi connectivity index (χ0) is 19.1. The molecule has 0 aliphatic carbocycles. The Labute approximate surface area is 161 Å². The smallest absolute Gasteiger partial charge is 0.291 e. The lowest BCUT2D eigenvalue weighted by Crippen LogP contribution is -2.28. The van der Waals surface area contributed by atoms with Gasteiger partial charge in [0.05, 0.1) is 6.26 Å². The van der Waals surface area contributed by atoms with Gasteiger partial charge in [0.15, 0.2) is 12.4 Å². The Morgan fingerprint density at radius 2 is 1.74 bits per heavy atom. The molecule has 0 saturated heterocycles. The van der Waals surface area contributed by atoms with Gasteiger partial charge in [0, 0.05) is 17.3 Å². The molecule has 0 aliphatic heterocycles. The van der Waals surface area contributed by atoms with Crippen molar-refractivity contribution in [2.45, 2.75) is 6.54 Å². The van der Waals surface area contributed by atoms with Crippen molar-refractivity contribution >= 4 is 29.1 Å². The Balaban J connectivity index is 1.43. The molecule has 0 radical (unpaired) electrons. The average Bonchev–Trinajstić information content (AvgIpc) is 3.22. The summed E-state index contributed by atoms with van der Waals surface area (Å²) in [6.45, 7) is 0.272. The Morgan fingerprint density at radius 3 is 2.41 bits per heavy atom. The molecule has 0 bridgehead atoms. The SMILES string of the molecule is O=C(COc1ccc(Cl)cc1)NCc1ccc(NC(=O)c2ccco2)cc1. The van der Waals surface area contributed by atoms with Crippen molar-refractivity contribution in [2.75, 3.05) is 11.9 Å². The van der Waals surface area contributed by atoms with Crippen molar-refractivity contribution in [1.82, 2.24) is 5.32 Å². The third kappa shape index (κ3) is 5.62. The second-order valence-corrected chi connectivity index (χ2v) is 6.08. The maximum Gasteiger partial charge on any atom is 0.291 e. The second kappa shape index (κ2) is 8.91. The molecule has 7 heteroatoms. The molecule has 1 aromatic heterocycles. The van der Waals surface area contributed by atoms with Gasteiger partial charge in [0.1, 0.15) is 5.75 Å². The highest BCUT2D eigenvalue weighted by Gasteiger charge is 2.08. The molecule has 1 heterocycles. The summed E-state index contributed by atoms with van der Waals surface area (Å²) in [5.74, 6) is 0.263. The van der Waals surface area contributed by atoms with Crippen molar-refractivity contribution in [3.8, 4) is 5.75 Å². The maximum absolute atomic E-state index is 11.9. The van der Waals surface area contributed by atoms with Gasteiger partial charge in [-0.25, -0.2) is 0 Å². The summed E-state index contributed by atoms with van der Waals surface area (Å²) in [7, 11) is 0. The number of halogens is 1. The van der Waals surface area contributed by atoms with Crippen LogP contribution in [0.1, 0.15) is 16.1 Å². The first-order chi connectivity index (χ1) is 13.1. The van der Waals surface area contributed by atoms with E-state index < -0.39 is 0 Å². The van der Waals surface area contributed by atoms with Gasteiger partial charge >= 0.3 is 0 Å². The zero-order valence-corrected chi connectivity index (χ0v) is 15.0. The van der Waals surface area contributed by atoms with Crippen molar-refractivity contribution in [2.24, 2.45) is 0 Å². The fraction of sp³-hybridized carbons (Fsp3) is 0.100. The lowest BCUT2D eigenvalue weighted by atomic mass is 10.2. The van der Waals surface area contributed by atoms with E-state index in [0.717, 1.165) is 5.56 Å². The van der Waals surface area contributed by atoms with Crippen molar-refractivity contribution in [3.63, 3.8) is 0 Å². The number of furan rings is 1. The molecule has 138 valence electrons. The number of ether oxygens (including phenoxy) is 1. The van der Waals surface area contributed by atoms with Crippen LogP contribution < -0.4 is 15.4 Å². The van der Waals surface area contributed by atoms with Crippen LogP contribution in [0.4, 0.5) is 5.69 Å². The number of carbonyl (C=O) groups excluding carboxylic acids is 2. The third-order valence-electron chi connectivity index (χ3n) is 3.63. The van der Waals surface area contributed by atoms with E-state index in [-0.39, 0.29) is 24.2 Å². The highest BCUT2D eigenvalue weighted by Crippen LogP contribution is 2.15. The van der Waals surface area contributed by atoms with E-state index in [9.17, 15) is 9.59 Å². The normalized spacial score (nSPS) is 10.3. The maximum atomic E-state index is 11.9. The summed E-state index contributed by atoms with van der Waals surface area (Å²) in [4.78, 5) is 23.8. The predicted molar refractivity (Wildman–Crippen MR) is 102 cm³/mol. The Bertz CT molecular complexity index is 891. The summed E-state index contributed by atoms with van der Waals surface area (Å²) in [5.41, 5.74) is 1.53. The molecule has 3 rings (SSSR count). The van der Waals surface area contributed by atoms with E-state index in [0.29, 0.717) is 23.0 Å². The van der Waals surface area contributed by atoms with Gasteiger partial charge in [0.25, 0.3) is 11.8 Å². The summed E-state index contributed by atoms with van der Waals surface area (Å²) >= 11 is 5.79. The van der Waals surface area contributed by atoms with E-state index >= 15 is 0 Å². The van der Waals surface area contributed by atoms with E-state index in [2.05, 4.69) is 10.6 Å². The topological polar surface area (TPSA) is 80.6 Å². The minimum absolute atomic E-state index is 0.0844. The van der Waals surface area contributed by atoms with Gasteiger partial charge < -0.3 is 19.8 Å². The van der Waals surface area contributed by atoms with Crippen molar-refractivity contribution in [3.05, 3.63) is 83.3 Å². The molecule has 6 nitrogen and oxygen atoms in total. The molecule has 2 aromatic carbocycles. The second-order valence-electron chi connectivity index (χ2n) is 5.65. The van der Waals surface area contributed by atoms with Gasteiger partial charge in [-0.15, -0.1) is 0 Å². The van der Waals surface area contributed by atoms with Crippen LogP contribution in [0.2, 0.25) is 5.02 Å². The zero-order valence-electron chi connectivity index (χ0n) is 14.3. The summed E-state index contributed by atoms with van der Waals surface area (Å²) < 4.78 is 10.4. The fourth-order valence-corrected chi connectivity index (χ4v) is 2.36. The van der Waals surface area contributed by atoms with Crippen LogP contribution in [-0.2, 0) is 11.3 Å². The molecule has 2 N–H and O–H groups in total.